The summed E-state index contributed by atoms with van der Waals surface area (Å²) in [5.41, 5.74) is 9.38. The molecule has 0 unspecified atom stereocenters. The zero-order chi connectivity index (χ0) is 28.3. The highest BCUT2D eigenvalue weighted by Crippen LogP contribution is 2.32. The van der Waals surface area contributed by atoms with Crippen LogP contribution in [0.4, 0.5) is 5.82 Å². The maximum atomic E-state index is 14.1. The van der Waals surface area contributed by atoms with Gasteiger partial charge in [-0.15, -0.1) is 0 Å². The number of nitrogens with two attached hydrogens (primary N) is 2. The number of aromatic nitrogens is 5. The number of primary sulfonamides is 1. The number of halogens is 1. The van der Waals surface area contributed by atoms with Crippen LogP contribution in [0.3, 0.4) is 0 Å². The lowest BCUT2D eigenvalue weighted by atomic mass is 10.1. The minimum Gasteiger partial charge on any atom is -0.383 e. The smallest absolute Gasteiger partial charge is 0.284 e. The van der Waals surface area contributed by atoms with Crippen molar-refractivity contribution in [3.63, 3.8) is 0 Å². The van der Waals surface area contributed by atoms with E-state index in [1.165, 1.54) is 15.3 Å². The van der Waals surface area contributed by atoms with E-state index in [1.54, 1.807) is 56.4 Å². The molecule has 0 aliphatic heterocycles. The Hall–Kier alpha value is -4.58. The van der Waals surface area contributed by atoms with Gasteiger partial charge in [-0.25, -0.2) is 28.2 Å². The van der Waals surface area contributed by atoms with Crippen LogP contribution in [-0.4, -0.2) is 38.6 Å². The summed E-state index contributed by atoms with van der Waals surface area (Å²) in [6.07, 6.45) is 1.63. The molecule has 0 aliphatic carbocycles. The number of nitrogens with zero attached hydrogens (tertiary/aromatic N) is 5. The average Bonchev–Trinajstić information content (AvgIpc) is 3.42. The summed E-state index contributed by atoms with van der Waals surface area (Å²) < 4.78 is 27.3. The van der Waals surface area contributed by atoms with E-state index in [2.05, 4.69) is 15.1 Å². The van der Waals surface area contributed by atoms with Crippen molar-refractivity contribution in [2.45, 2.75) is 18.7 Å². The van der Waals surface area contributed by atoms with Gasteiger partial charge >= 0.3 is 0 Å². The number of aryl methyl sites for hydroxylation is 2. The van der Waals surface area contributed by atoms with Gasteiger partial charge in [-0.05, 0) is 61.2 Å². The Balaban J connectivity index is 1.49. The van der Waals surface area contributed by atoms with Gasteiger partial charge in [0.25, 0.3) is 5.91 Å². The number of hydrogen-bond donors (Lipinski definition) is 2. The number of fused-ring (bicyclic) bond motifs is 2. The molecule has 4 N–H and O–H groups in total. The maximum Gasteiger partial charge on any atom is 0.284 e. The van der Waals surface area contributed by atoms with Crippen LogP contribution in [0.15, 0.2) is 77.8 Å². The topological polar surface area (TPSA) is 152 Å². The second kappa shape index (κ2) is 9.26. The number of nitrogen functional groups attached to an aromatic ring is 1. The van der Waals surface area contributed by atoms with Crippen LogP contribution in [0.5, 0.6) is 0 Å². The van der Waals surface area contributed by atoms with Crippen LogP contribution in [-0.2, 0) is 10.0 Å². The summed E-state index contributed by atoms with van der Waals surface area (Å²) in [6.45, 7) is 3.43. The normalized spacial score (nSPS) is 11.9. The lowest BCUT2D eigenvalue weighted by molar-refractivity contribution is 0.0954. The van der Waals surface area contributed by atoms with Crippen LogP contribution in [0, 0.1) is 13.8 Å². The Morgan fingerprint density at radius 1 is 1.00 bits per heavy atom. The van der Waals surface area contributed by atoms with Crippen molar-refractivity contribution in [3.8, 4) is 16.8 Å². The molecule has 3 aromatic carbocycles. The number of anilines is 1. The standard InChI is InChI=1S/C28H22ClN7O3S/c1-15-25(29)26(36(34-15)19-9-7-17-11-12-32-27(30)21(17)14-19)28(37)35-16(2)33-22-13-18(8-10-23(22)35)20-5-3-4-6-24(20)40(31,38)39/h3-14H,1-2H3,(H2,30,32)(H2,31,38,39). The van der Waals surface area contributed by atoms with E-state index in [9.17, 15) is 13.2 Å². The molecular weight excluding hydrogens is 550 g/mol. The molecule has 6 rings (SSSR count). The lowest BCUT2D eigenvalue weighted by Crippen LogP contribution is -2.18. The molecule has 0 aliphatic rings. The highest BCUT2D eigenvalue weighted by atomic mass is 35.5. The van der Waals surface area contributed by atoms with Gasteiger partial charge < -0.3 is 5.73 Å². The van der Waals surface area contributed by atoms with E-state index in [1.807, 2.05) is 24.3 Å². The molecule has 10 nitrogen and oxygen atoms in total. The zero-order valence-electron chi connectivity index (χ0n) is 21.3. The average molecular weight is 572 g/mol. The largest absolute Gasteiger partial charge is 0.383 e. The van der Waals surface area contributed by atoms with Crippen LogP contribution < -0.4 is 10.9 Å². The first-order valence-corrected chi connectivity index (χ1v) is 14.0. The minimum absolute atomic E-state index is 0.000962. The SMILES string of the molecule is Cc1nn(-c2ccc3ccnc(N)c3c2)c(C(=O)n2c(C)nc3cc(-c4ccccc4S(N)(=O)=O)ccc32)c1Cl. The predicted molar refractivity (Wildman–Crippen MR) is 154 cm³/mol. The van der Waals surface area contributed by atoms with Gasteiger partial charge in [0.15, 0.2) is 5.69 Å². The third-order valence-corrected chi connectivity index (χ3v) is 8.17. The summed E-state index contributed by atoms with van der Waals surface area (Å²) in [5.74, 6) is 0.353. The molecule has 40 heavy (non-hydrogen) atoms. The van der Waals surface area contributed by atoms with Crippen molar-refractivity contribution >= 4 is 55.2 Å². The molecule has 3 heterocycles. The molecular formula is C28H22ClN7O3S. The van der Waals surface area contributed by atoms with Crippen LogP contribution in [0.25, 0.3) is 38.6 Å². The number of imidazole rings is 1. The van der Waals surface area contributed by atoms with Gasteiger partial charge in [0.2, 0.25) is 10.0 Å². The fourth-order valence-electron chi connectivity index (χ4n) is 4.87. The van der Waals surface area contributed by atoms with Gasteiger partial charge in [0, 0.05) is 17.1 Å². The molecule has 200 valence electrons. The minimum atomic E-state index is -3.95. The fraction of sp³-hybridized carbons (Fsp3) is 0.0714. The number of hydrogen-bond acceptors (Lipinski definition) is 7. The highest BCUT2D eigenvalue weighted by molar-refractivity contribution is 7.89. The van der Waals surface area contributed by atoms with Crippen molar-refractivity contribution in [2.75, 3.05) is 5.73 Å². The molecule has 0 amide bonds. The van der Waals surface area contributed by atoms with Crippen molar-refractivity contribution in [2.24, 2.45) is 5.14 Å². The number of sulfonamides is 1. The van der Waals surface area contributed by atoms with Crippen LogP contribution >= 0.6 is 11.6 Å². The monoisotopic (exact) mass is 571 g/mol. The quantitative estimate of drug-likeness (QED) is 0.313. The van der Waals surface area contributed by atoms with Gasteiger partial charge in [-0.3, -0.25) is 9.36 Å². The van der Waals surface area contributed by atoms with E-state index in [-0.39, 0.29) is 15.6 Å². The van der Waals surface area contributed by atoms with Gasteiger partial charge in [-0.1, -0.05) is 41.9 Å². The maximum absolute atomic E-state index is 14.1. The van der Waals surface area contributed by atoms with Gasteiger partial charge in [0.1, 0.15) is 11.6 Å². The molecule has 12 heteroatoms. The number of carbonyl (C=O) groups excluding carboxylic acids is 1. The Bertz CT molecular complexity index is 2120. The molecule has 0 radical (unpaired) electrons. The summed E-state index contributed by atoms with van der Waals surface area (Å²) >= 11 is 6.65. The third kappa shape index (κ3) is 4.11. The van der Waals surface area contributed by atoms with E-state index in [0.29, 0.717) is 45.2 Å². The molecule has 0 fully saturated rings. The van der Waals surface area contributed by atoms with Gasteiger partial charge in [0.05, 0.1) is 32.3 Å². The summed E-state index contributed by atoms with van der Waals surface area (Å²) in [5, 5.41) is 11.8. The Kier molecular flexibility index (Phi) is 5.95. The van der Waals surface area contributed by atoms with Crippen molar-refractivity contribution < 1.29 is 13.2 Å². The molecule has 0 atom stereocenters. The van der Waals surface area contributed by atoms with Gasteiger partial charge in [-0.2, -0.15) is 5.10 Å². The summed E-state index contributed by atoms with van der Waals surface area (Å²) in [7, 11) is -3.95. The third-order valence-electron chi connectivity index (χ3n) is 6.74. The van der Waals surface area contributed by atoms with E-state index in [4.69, 9.17) is 22.5 Å². The fourth-order valence-corrected chi connectivity index (χ4v) is 5.83. The first kappa shape index (κ1) is 25.7. The summed E-state index contributed by atoms with van der Waals surface area (Å²) in [6, 6.07) is 19.0. The van der Waals surface area contributed by atoms with Crippen molar-refractivity contribution in [1.29, 1.82) is 0 Å². The number of carbonyl (C=O) groups is 1. The van der Waals surface area contributed by atoms with Crippen molar-refractivity contribution in [3.05, 3.63) is 95.2 Å². The molecule has 0 saturated heterocycles. The zero-order valence-corrected chi connectivity index (χ0v) is 22.9. The Morgan fingerprint density at radius 2 is 1.77 bits per heavy atom. The van der Waals surface area contributed by atoms with Crippen LogP contribution in [0.2, 0.25) is 5.02 Å². The van der Waals surface area contributed by atoms with E-state index < -0.39 is 15.9 Å². The number of benzene rings is 3. The second-order valence-corrected chi connectivity index (χ2v) is 11.2. The first-order valence-electron chi connectivity index (χ1n) is 12.1. The highest BCUT2D eigenvalue weighted by Gasteiger charge is 2.26. The second-order valence-electron chi connectivity index (χ2n) is 9.31. The van der Waals surface area contributed by atoms with E-state index >= 15 is 0 Å². The number of rotatable bonds is 4. The summed E-state index contributed by atoms with van der Waals surface area (Å²) in [4.78, 5) is 22.8. The first-order chi connectivity index (χ1) is 19.0. The van der Waals surface area contributed by atoms with E-state index in [0.717, 1.165) is 10.8 Å². The Labute approximate surface area is 233 Å². The molecule has 0 saturated carbocycles. The van der Waals surface area contributed by atoms with Crippen LogP contribution in [0.1, 0.15) is 22.0 Å². The molecule has 3 aromatic heterocycles. The lowest BCUT2D eigenvalue weighted by Gasteiger charge is -2.11. The van der Waals surface area contributed by atoms with Crippen molar-refractivity contribution in [1.82, 2.24) is 24.3 Å². The number of pyridine rings is 1. The Morgan fingerprint density at radius 3 is 2.55 bits per heavy atom. The molecule has 0 bridgehead atoms. The molecule has 6 aromatic rings. The predicted octanol–water partition coefficient (Wildman–Crippen LogP) is 4.63. The molecule has 0 spiro atoms.